The molecule has 2 rings (SSSR count). The lowest BCUT2D eigenvalue weighted by Crippen LogP contribution is -2.09. The molecule has 1 atom stereocenters. The van der Waals surface area contributed by atoms with Crippen LogP contribution in [0.2, 0.25) is 0 Å². The van der Waals surface area contributed by atoms with Gasteiger partial charge in [-0.05, 0) is 30.7 Å². The summed E-state index contributed by atoms with van der Waals surface area (Å²) in [6, 6.07) is 10.9. The summed E-state index contributed by atoms with van der Waals surface area (Å²) in [5.41, 5.74) is 0.548. The number of non-ortho nitro benzene ring substituents is 1. The number of hydrogen-bond donors (Lipinski definition) is 0. The maximum Gasteiger partial charge on any atom is 0.338 e. The largest absolute Gasteiger partial charge is 0.454 e. The second kappa shape index (κ2) is 6.13. The van der Waals surface area contributed by atoms with Gasteiger partial charge in [0.1, 0.15) is 11.9 Å². The third-order valence-electron chi connectivity index (χ3n) is 2.92. The monoisotopic (exact) mass is 289 g/mol. The summed E-state index contributed by atoms with van der Waals surface area (Å²) < 4.78 is 18.0. The first-order chi connectivity index (χ1) is 9.97. The Morgan fingerprint density at radius 3 is 2.52 bits per heavy atom. The molecule has 0 aliphatic carbocycles. The van der Waals surface area contributed by atoms with Gasteiger partial charge in [0.2, 0.25) is 0 Å². The summed E-state index contributed by atoms with van der Waals surface area (Å²) >= 11 is 0. The number of halogens is 1. The molecular formula is C15H12FNO4. The van der Waals surface area contributed by atoms with Crippen LogP contribution in [0.25, 0.3) is 0 Å². The lowest BCUT2D eigenvalue weighted by Gasteiger charge is -2.13. The van der Waals surface area contributed by atoms with E-state index in [0.29, 0.717) is 5.56 Å². The summed E-state index contributed by atoms with van der Waals surface area (Å²) in [6.07, 6.45) is -0.586. The van der Waals surface area contributed by atoms with Gasteiger partial charge >= 0.3 is 5.97 Å². The number of carbonyl (C=O) groups excluding carboxylic acids is 1. The van der Waals surface area contributed by atoms with Crippen LogP contribution in [-0.4, -0.2) is 10.9 Å². The fourth-order valence-corrected chi connectivity index (χ4v) is 1.78. The molecule has 0 bridgehead atoms. The van der Waals surface area contributed by atoms with Crippen molar-refractivity contribution in [3.8, 4) is 0 Å². The summed E-state index contributed by atoms with van der Waals surface area (Å²) in [5, 5.41) is 10.7. The van der Waals surface area contributed by atoms with Crippen molar-refractivity contribution in [1.82, 2.24) is 0 Å². The van der Waals surface area contributed by atoms with Crippen LogP contribution in [0.1, 0.15) is 28.9 Å². The number of ether oxygens (including phenoxy) is 1. The predicted octanol–water partition coefficient (Wildman–Crippen LogP) is 3.65. The molecule has 0 aliphatic rings. The SMILES string of the molecule is CC(OC(=O)c1cccc([N+](=O)[O-])c1)c1ccc(F)cc1. The first kappa shape index (κ1) is 14.6. The molecule has 5 nitrogen and oxygen atoms in total. The Kier molecular flexibility index (Phi) is 4.27. The molecule has 0 N–H and O–H groups in total. The zero-order chi connectivity index (χ0) is 15.4. The molecule has 6 heteroatoms. The first-order valence-corrected chi connectivity index (χ1v) is 6.18. The highest BCUT2D eigenvalue weighted by Crippen LogP contribution is 2.20. The fraction of sp³-hybridized carbons (Fsp3) is 0.133. The van der Waals surface area contributed by atoms with E-state index in [-0.39, 0.29) is 17.1 Å². The van der Waals surface area contributed by atoms with Crippen molar-refractivity contribution in [2.75, 3.05) is 0 Å². The van der Waals surface area contributed by atoms with Crippen LogP contribution in [-0.2, 0) is 4.74 Å². The van der Waals surface area contributed by atoms with E-state index in [9.17, 15) is 19.3 Å². The Morgan fingerprint density at radius 1 is 1.24 bits per heavy atom. The minimum absolute atomic E-state index is 0.0955. The molecule has 2 aromatic rings. The average molecular weight is 289 g/mol. The second-order valence-corrected chi connectivity index (χ2v) is 4.41. The van der Waals surface area contributed by atoms with Crippen molar-refractivity contribution in [3.63, 3.8) is 0 Å². The van der Waals surface area contributed by atoms with Gasteiger partial charge in [0.15, 0.2) is 0 Å². The van der Waals surface area contributed by atoms with Gasteiger partial charge in [-0.3, -0.25) is 10.1 Å². The predicted molar refractivity (Wildman–Crippen MR) is 73.3 cm³/mol. The molecule has 0 radical (unpaired) electrons. The molecule has 0 fully saturated rings. The Balaban J connectivity index is 2.12. The van der Waals surface area contributed by atoms with Crippen molar-refractivity contribution < 1.29 is 18.8 Å². The maximum atomic E-state index is 12.8. The smallest absolute Gasteiger partial charge is 0.338 e. The molecule has 1 unspecified atom stereocenters. The normalized spacial score (nSPS) is 11.7. The maximum absolute atomic E-state index is 12.8. The highest BCUT2D eigenvalue weighted by Gasteiger charge is 2.16. The van der Waals surface area contributed by atoms with Gasteiger partial charge in [0.25, 0.3) is 5.69 Å². The van der Waals surface area contributed by atoms with E-state index >= 15 is 0 Å². The molecule has 0 saturated carbocycles. The second-order valence-electron chi connectivity index (χ2n) is 4.41. The van der Waals surface area contributed by atoms with Crippen LogP contribution in [0.15, 0.2) is 48.5 Å². The molecule has 108 valence electrons. The standard InChI is InChI=1S/C15H12FNO4/c1-10(11-5-7-13(16)8-6-11)21-15(18)12-3-2-4-14(9-12)17(19)20/h2-10H,1H3. The fourth-order valence-electron chi connectivity index (χ4n) is 1.78. The third kappa shape index (κ3) is 3.62. The van der Waals surface area contributed by atoms with E-state index in [0.717, 1.165) is 6.07 Å². The van der Waals surface area contributed by atoms with Crippen molar-refractivity contribution in [3.05, 3.63) is 75.6 Å². The number of esters is 1. The number of nitro benzene ring substituents is 1. The zero-order valence-electron chi connectivity index (χ0n) is 11.2. The zero-order valence-corrected chi connectivity index (χ0v) is 11.2. The van der Waals surface area contributed by atoms with Crippen LogP contribution in [0, 0.1) is 15.9 Å². The van der Waals surface area contributed by atoms with Crippen LogP contribution in [0.3, 0.4) is 0 Å². The summed E-state index contributed by atoms with van der Waals surface area (Å²) in [4.78, 5) is 22.0. The van der Waals surface area contributed by atoms with Crippen molar-refractivity contribution >= 4 is 11.7 Å². The number of nitrogens with zero attached hydrogens (tertiary/aromatic N) is 1. The van der Waals surface area contributed by atoms with E-state index in [1.165, 1.54) is 42.5 Å². The first-order valence-electron chi connectivity index (χ1n) is 6.18. The van der Waals surface area contributed by atoms with Gasteiger partial charge in [-0.2, -0.15) is 0 Å². The number of carbonyl (C=O) groups is 1. The minimum atomic E-state index is -0.671. The van der Waals surface area contributed by atoms with Crippen LogP contribution in [0.4, 0.5) is 10.1 Å². The highest BCUT2D eigenvalue weighted by molar-refractivity contribution is 5.90. The Hall–Kier alpha value is -2.76. The quantitative estimate of drug-likeness (QED) is 0.489. The minimum Gasteiger partial charge on any atom is -0.454 e. The van der Waals surface area contributed by atoms with Crippen molar-refractivity contribution in [1.29, 1.82) is 0 Å². The highest BCUT2D eigenvalue weighted by atomic mass is 19.1. The van der Waals surface area contributed by atoms with Crippen molar-refractivity contribution in [2.24, 2.45) is 0 Å². The van der Waals surface area contributed by atoms with Crippen LogP contribution < -0.4 is 0 Å². The number of rotatable bonds is 4. The van der Waals surface area contributed by atoms with Crippen LogP contribution in [0.5, 0.6) is 0 Å². The van der Waals surface area contributed by atoms with Gasteiger partial charge in [0.05, 0.1) is 10.5 Å². The summed E-state index contributed by atoms with van der Waals surface area (Å²) in [5.74, 6) is -1.05. The van der Waals surface area contributed by atoms with Gasteiger partial charge in [-0.25, -0.2) is 9.18 Å². The molecule has 21 heavy (non-hydrogen) atoms. The third-order valence-corrected chi connectivity index (χ3v) is 2.92. The molecular weight excluding hydrogens is 277 g/mol. The summed E-state index contributed by atoms with van der Waals surface area (Å²) in [7, 11) is 0. The molecule has 0 spiro atoms. The van der Waals surface area contributed by atoms with Gasteiger partial charge in [0, 0.05) is 12.1 Å². The molecule has 2 aromatic carbocycles. The topological polar surface area (TPSA) is 69.4 Å². The van der Waals surface area contributed by atoms with Gasteiger partial charge < -0.3 is 4.74 Å². The van der Waals surface area contributed by atoms with Crippen molar-refractivity contribution in [2.45, 2.75) is 13.0 Å². The Morgan fingerprint density at radius 2 is 1.90 bits per heavy atom. The lowest BCUT2D eigenvalue weighted by molar-refractivity contribution is -0.384. The molecule has 0 saturated heterocycles. The van der Waals surface area contributed by atoms with E-state index in [4.69, 9.17) is 4.74 Å². The van der Waals surface area contributed by atoms with E-state index in [1.54, 1.807) is 6.92 Å². The van der Waals surface area contributed by atoms with Gasteiger partial charge in [-0.15, -0.1) is 0 Å². The lowest BCUT2D eigenvalue weighted by atomic mass is 10.1. The average Bonchev–Trinajstić information content (AvgIpc) is 2.48. The number of hydrogen-bond acceptors (Lipinski definition) is 4. The van der Waals surface area contributed by atoms with Crippen LogP contribution >= 0.6 is 0 Å². The van der Waals surface area contributed by atoms with E-state index in [2.05, 4.69) is 0 Å². The van der Waals surface area contributed by atoms with E-state index in [1.807, 2.05) is 0 Å². The molecule has 0 aromatic heterocycles. The van der Waals surface area contributed by atoms with E-state index < -0.39 is 17.0 Å². The summed E-state index contributed by atoms with van der Waals surface area (Å²) in [6.45, 7) is 1.64. The molecule has 0 aliphatic heterocycles. The number of benzene rings is 2. The molecule has 0 amide bonds. The molecule has 0 heterocycles. The Labute approximate surface area is 120 Å². The number of nitro groups is 1. The Bertz CT molecular complexity index is 670. The van der Waals surface area contributed by atoms with Gasteiger partial charge in [-0.1, -0.05) is 18.2 Å².